The molecule has 0 aliphatic rings. The lowest BCUT2D eigenvalue weighted by molar-refractivity contribution is 0.619. The summed E-state index contributed by atoms with van der Waals surface area (Å²) in [6, 6.07) is 0. The summed E-state index contributed by atoms with van der Waals surface area (Å²) in [5, 5.41) is 9.31. The van der Waals surface area contributed by atoms with Gasteiger partial charge in [0.2, 0.25) is 0 Å². The van der Waals surface area contributed by atoms with Crippen molar-refractivity contribution in [2.24, 2.45) is 7.05 Å². The highest BCUT2D eigenvalue weighted by atomic mass is 35.5. The van der Waals surface area contributed by atoms with Crippen molar-refractivity contribution in [3.8, 4) is 0 Å². The van der Waals surface area contributed by atoms with Crippen molar-refractivity contribution in [2.75, 3.05) is 5.73 Å². The van der Waals surface area contributed by atoms with Gasteiger partial charge in [-0.2, -0.15) is 10.2 Å². The molecule has 0 unspecified atom stereocenters. The second-order valence-corrected chi connectivity index (χ2v) is 4.46. The first kappa shape index (κ1) is 12.0. The number of nitrogen functional groups attached to an aromatic ring is 1. The molecule has 17 heavy (non-hydrogen) atoms. The number of nitrogens with zero attached hydrogens (tertiary/aromatic N) is 4. The molecule has 2 heterocycles. The van der Waals surface area contributed by atoms with Gasteiger partial charge in [0, 0.05) is 18.8 Å². The van der Waals surface area contributed by atoms with Gasteiger partial charge < -0.3 is 5.73 Å². The minimum atomic E-state index is 0.555. The lowest BCUT2D eigenvalue weighted by Gasteiger charge is -2.02. The summed E-state index contributed by atoms with van der Waals surface area (Å²) in [4.78, 5) is 0. The molecule has 0 saturated heterocycles. The largest absolute Gasteiger partial charge is 0.382 e. The zero-order valence-corrected chi connectivity index (χ0v) is 11.0. The smallest absolute Gasteiger partial charge is 0.148 e. The first-order chi connectivity index (χ1) is 8.02. The normalized spacial score (nSPS) is 11.1. The summed E-state index contributed by atoms with van der Waals surface area (Å²) in [5.41, 5.74) is 8.55. The Labute approximate surface area is 105 Å². The Balaban J connectivity index is 2.32. The predicted octanol–water partition coefficient (Wildman–Crippen LogP) is 1.77. The van der Waals surface area contributed by atoms with Crippen molar-refractivity contribution in [2.45, 2.75) is 26.8 Å². The van der Waals surface area contributed by atoms with E-state index >= 15 is 0 Å². The Morgan fingerprint density at radius 3 is 2.59 bits per heavy atom. The predicted molar refractivity (Wildman–Crippen MR) is 68.1 cm³/mol. The third kappa shape index (κ3) is 2.15. The minimum Gasteiger partial charge on any atom is -0.382 e. The van der Waals surface area contributed by atoms with Crippen LogP contribution in [0.15, 0.2) is 6.20 Å². The fourth-order valence-electron chi connectivity index (χ4n) is 1.76. The Morgan fingerprint density at radius 1 is 1.41 bits per heavy atom. The van der Waals surface area contributed by atoms with Crippen molar-refractivity contribution in [1.29, 1.82) is 0 Å². The molecule has 0 saturated carbocycles. The van der Waals surface area contributed by atoms with Crippen molar-refractivity contribution in [1.82, 2.24) is 19.6 Å². The van der Waals surface area contributed by atoms with Crippen molar-refractivity contribution >= 4 is 17.4 Å². The monoisotopic (exact) mass is 253 g/mol. The van der Waals surface area contributed by atoms with E-state index in [9.17, 15) is 0 Å². The van der Waals surface area contributed by atoms with E-state index in [-0.39, 0.29) is 0 Å². The van der Waals surface area contributed by atoms with Gasteiger partial charge in [-0.15, -0.1) is 0 Å². The van der Waals surface area contributed by atoms with Gasteiger partial charge in [0.1, 0.15) is 5.82 Å². The maximum Gasteiger partial charge on any atom is 0.148 e. The molecule has 0 aliphatic heterocycles. The van der Waals surface area contributed by atoms with Crippen LogP contribution in [0.4, 0.5) is 5.82 Å². The Kier molecular flexibility index (Phi) is 3.11. The van der Waals surface area contributed by atoms with Crippen LogP contribution in [0.5, 0.6) is 0 Å². The Hall–Kier alpha value is -1.49. The molecule has 2 aromatic rings. The number of hydrogen-bond donors (Lipinski definition) is 1. The van der Waals surface area contributed by atoms with Gasteiger partial charge >= 0.3 is 0 Å². The van der Waals surface area contributed by atoms with Crippen LogP contribution in [0.2, 0.25) is 5.02 Å². The van der Waals surface area contributed by atoms with Gasteiger partial charge in [-0.25, -0.2) is 0 Å². The topological polar surface area (TPSA) is 61.7 Å². The van der Waals surface area contributed by atoms with Crippen LogP contribution < -0.4 is 5.73 Å². The maximum absolute atomic E-state index is 6.27. The molecule has 2 N–H and O–H groups in total. The highest BCUT2D eigenvalue weighted by Crippen LogP contribution is 2.22. The molecule has 0 fully saturated rings. The summed E-state index contributed by atoms with van der Waals surface area (Å²) in [6.07, 6.45) is 2.73. The van der Waals surface area contributed by atoms with Crippen LogP contribution in [0.1, 0.15) is 23.9 Å². The molecule has 0 spiro atoms. The quantitative estimate of drug-likeness (QED) is 0.907. The summed E-state index contributed by atoms with van der Waals surface area (Å²) in [6.45, 7) is 4.55. The second kappa shape index (κ2) is 4.41. The molecular weight excluding hydrogens is 238 g/mol. The third-order valence-corrected chi connectivity index (χ3v) is 3.23. The molecule has 0 radical (unpaired) electrons. The SMILES string of the molecule is CCc1nn(C)c(Cn2cc(C)c(N)n2)c1Cl. The highest BCUT2D eigenvalue weighted by Gasteiger charge is 2.14. The molecule has 2 rings (SSSR count). The first-order valence-electron chi connectivity index (χ1n) is 5.52. The zero-order valence-electron chi connectivity index (χ0n) is 10.2. The van der Waals surface area contributed by atoms with E-state index in [0.717, 1.165) is 28.4 Å². The van der Waals surface area contributed by atoms with E-state index < -0.39 is 0 Å². The molecule has 0 atom stereocenters. The van der Waals surface area contributed by atoms with E-state index in [1.165, 1.54) is 0 Å². The number of rotatable bonds is 3. The number of aromatic nitrogens is 4. The van der Waals surface area contributed by atoms with Crippen molar-refractivity contribution in [3.05, 3.63) is 28.2 Å². The van der Waals surface area contributed by atoms with Crippen molar-refractivity contribution < 1.29 is 0 Å². The molecule has 6 heteroatoms. The van der Waals surface area contributed by atoms with E-state index in [0.29, 0.717) is 12.4 Å². The molecule has 92 valence electrons. The number of hydrogen-bond acceptors (Lipinski definition) is 3. The summed E-state index contributed by atoms with van der Waals surface area (Å²) in [7, 11) is 1.89. The van der Waals surface area contributed by atoms with Crippen LogP contribution in [0.3, 0.4) is 0 Å². The van der Waals surface area contributed by atoms with Gasteiger partial charge in [0.05, 0.1) is 23.0 Å². The molecule has 2 aromatic heterocycles. The fourth-order valence-corrected chi connectivity index (χ4v) is 2.12. The highest BCUT2D eigenvalue weighted by molar-refractivity contribution is 6.31. The van der Waals surface area contributed by atoms with E-state index in [2.05, 4.69) is 10.2 Å². The van der Waals surface area contributed by atoms with Crippen LogP contribution in [-0.2, 0) is 20.0 Å². The van der Waals surface area contributed by atoms with Crippen LogP contribution in [0, 0.1) is 6.92 Å². The van der Waals surface area contributed by atoms with Gasteiger partial charge in [-0.3, -0.25) is 9.36 Å². The average molecular weight is 254 g/mol. The molecular formula is C11H16ClN5. The number of aryl methyl sites for hydroxylation is 3. The summed E-state index contributed by atoms with van der Waals surface area (Å²) < 4.78 is 3.58. The van der Waals surface area contributed by atoms with E-state index in [1.54, 1.807) is 9.36 Å². The van der Waals surface area contributed by atoms with Crippen LogP contribution in [-0.4, -0.2) is 19.6 Å². The summed E-state index contributed by atoms with van der Waals surface area (Å²) >= 11 is 6.27. The van der Waals surface area contributed by atoms with Gasteiger partial charge in [0.15, 0.2) is 0 Å². The molecule has 5 nitrogen and oxygen atoms in total. The molecule has 0 aliphatic carbocycles. The minimum absolute atomic E-state index is 0.555. The number of anilines is 1. The molecule has 0 amide bonds. The van der Waals surface area contributed by atoms with Crippen LogP contribution in [0.25, 0.3) is 0 Å². The van der Waals surface area contributed by atoms with Crippen LogP contribution >= 0.6 is 11.6 Å². The molecule has 0 bridgehead atoms. The Bertz CT molecular complexity index is 521. The second-order valence-electron chi connectivity index (χ2n) is 4.08. The van der Waals surface area contributed by atoms with Crippen molar-refractivity contribution in [3.63, 3.8) is 0 Å². The lowest BCUT2D eigenvalue weighted by atomic mass is 10.3. The molecule has 0 aromatic carbocycles. The van der Waals surface area contributed by atoms with E-state index in [4.69, 9.17) is 17.3 Å². The average Bonchev–Trinajstić information content (AvgIpc) is 2.73. The number of nitrogens with two attached hydrogens (primary N) is 1. The number of halogens is 1. The first-order valence-corrected chi connectivity index (χ1v) is 5.90. The maximum atomic E-state index is 6.27. The van der Waals surface area contributed by atoms with Gasteiger partial charge in [-0.1, -0.05) is 18.5 Å². The van der Waals surface area contributed by atoms with Gasteiger partial charge in [0.25, 0.3) is 0 Å². The lowest BCUT2D eigenvalue weighted by Crippen LogP contribution is -2.06. The Morgan fingerprint density at radius 2 is 2.12 bits per heavy atom. The van der Waals surface area contributed by atoms with Gasteiger partial charge in [-0.05, 0) is 13.3 Å². The van der Waals surface area contributed by atoms with E-state index in [1.807, 2.05) is 27.1 Å². The zero-order chi connectivity index (χ0) is 12.6. The fraction of sp³-hybridized carbons (Fsp3) is 0.455. The standard InChI is InChI=1S/C11H16ClN5/c1-4-8-10(12)9(16(3)14-8)6-17-5-7(2)11(13)15-17/h5H,4,6H2,1-3H3,(H2,13,15). The summed E-state index contributed by atoms with van der Waals surface area (Å²) in [5.74, 6) is 0.555. The third-order valence-electron chi connectivity index (χ3n) is 2.80.